The van der Waals surface area contributed by atoms with Gasteiger partial charge in [-0.05, 0) is 107 Å². The zero-order valence-electron chi connectivity index (χ0n) is 22.8. The van der Waals surface area contributed by atoms with Crippen LogP contribution in [0.2, 0.25) is 0 Å². The predicted molar refractivity (Wildman–Crippen MR) is 167 cm³/mol. The summed E-state index contributed by atoms with van der Waals surface area (Å²) in [5.74, 6) is 0. The Hall–Kier alpha value is -4.30. The summed E-state index contributed by atoms with van der Waals surface area (Å²) in [5, 5.41) is 5.01. The molecule has 4 aromatic carbocycles. The van der Waals surface area contributed by atoms with E-state index in [2.05, 4.69) is 97.3 Å². The Labute approximate surface area is 235 Å². The molecule has 0 amide bonds. The van der Waals surface area contributed by atoms with Crippen molar-refractivity contribution in [2.75, 3.05) is 0 Å². The summed E-state index contributed by atoms with van der Waals surface area (Å²) in [7, 11) is 0. The minimum atomic E-state index is 1.07. The molecule has 6 aromatic rings. The van der Waals surface area contributed by atoms with E-state index in [0.717, 1.165) is 37.1 Å². The fraction of sp³-hybridized carbons (Fsp3) is 0.211. The van der Waals surface area contributed by atoms with Gasteiger partial charge in [-0.1, -0.05) is 72.8 Å². The molecule has 0 saturated heterocycles. The number of aromatic nitrogens is 2. The Morgan fingerprint density at radius 1 is 0.425 bits per heavy atom. The van der Waals surface area contributed by atoms with Gasteiger partial charge in [0, 0.05) is 34.6 Å². The van der Waals surface area contributed by atoms with Gasteiger partial charge < -0.3 is 0 Å². The zero-order valence-corrected chi connectivity index (χ0v) is 22.8. The lowest BCUT2D eigenvalue weighted by molar-refractivity contribution is 0.682. The minimum absolute atomic E-state index is 1.07. The number of nitrogens with zero attached hydrogens (tertiary/aromatic N) is 2. The molecular formula is C38H32N2. The number of hydrogen-bond donors (Lipinski definition) is 0. The van der Waals surface area contributed by atoms with E-state index in [-0.39, 0.29) is 0 Å². The second kappa shape index (κ2) is 9.71. The minimum Gasteiger partial charge on any atom is -0.256 e. The number of benzene rings is 4. The highest BCUT2D eigenvalue weighted by molar-refractivity contribution is 6.14. The summed E-state index contributed by atoms with van der Waals surface area (Å²) in [6.45, 7) is 0. The van der Waals surface area contributed by atoms with Gasteiger partial charge in [-0.2, -0.15) is 0 Å². The van der Waals surface area contributed by atoms with Gasteiger partial charge in [0.1, 0.15) is 0 Å². The molecule has 0 atom stereocenters. The first-order chi connectivity index (χ1) is 19.8. The van der Waals surface area contributed by atoms with E-state index in [4.69, 9.17) is 9.97 Å². The topological polar surface area (TPSA) is 25.8 Å². The molecule has 0 fully saturated rings. The van der Waals surface area contributed by atoms with Crippen LogP contribution in [-0.4, -0.2) is 9.97 Å². The van der Waals surface area contributed by atoms with Crippen molar-refractivity contribution in [3.63, 3.8) is 0 Å². The predicted octanol–water partition coefficient (Wildman–Crippen LogP) is 9.54. The highest BCUT2D eigenvalue weighted by atomic mass is 14.7. The van der Waals surface area contributed by atoms with Crippen LogP contribution in [0, 0.1) is 0 Å². The van der Waals surface area contributed by atoms with Gasteiger partial charge in [-0.3, -0.25) is 9.97 Å². The standard InChI is InChI=1S/C38H32N2/c1-3-13-29-23-39-35(21-27(29)11-1)33-19-17-25-9-5-7-15-31(25)37(33)38-32-16-8-6-10-26(32)18-20-34(38)36-22-28-12-2-4-14-30(28)24-40-36/h5-10,15-24H,1-4,11-14H2. The normalized spacial score (nSPS) is 14.7. The SMILES string of the molecule is c1ccc2c(-c3c(-c4cc5c(cn4)CCCC5)ccc4ccccc34)c(-c3cc4c(cn3)CCCC4)ccc2c1. The quantitative estimate of drug-likeness (QED) is 0.234. The van der Waals surface area contributed by atoms with E-state index >= 15 is 0 Å². The average Bonchev–Trinajstić information content (AvgIpc) is 3.03. The molecule has 2 heteroatoms. The summed E-state index contributed by atoms with van der Waals surface area (Å²) in [6.07, 6.45) is 13.9. The first-order valence-corrected chi connectivity index (χ1v) is 14.8. The molecule has 2 heterocycles. The van der Waals surface area contributed by atoms with Crippen LogP contribution in [0.4, 0.5) is 0 Å². The molecule has 0 bridgehead atoms. The van der Waals surface area contributed by atoms with E-state index in [9.17, 15) is 0 Å². The molecule has 2 aromatic heterocycles. The van der Waals surface area contributed by atoms with Crippen LogP contribution in [0.5, 0.6) is 0 Å². The molecular weight excluding hydrogens is 484 g/mol. The second-order valence-corrected chi connectivity index (χ2v) is 11.5. The zero-order chi connectivity index (χ0) is 26.5. The number of fused-ring (bicyclic) bond motifs is 4. The van der Waals surface area contributed by atoms with Crippen molar-refractivity contribution in [3.8, 4) is 33.6 Å². The molecule has 0 spiro atoms. The summed E-state index contributed by atoms with van der Waals surface area (Å²) < 4.78 is 0. The van der Waals surface area contributed by atoms with Crippen molar-refractivity contribution < 1.29 is 0 Å². The molecule has 0 N–H and O–H groups in total. The van der Waals surface area contributed by atoms with Crippen molar-refractivity contribution >= 4 is 21.5 Å². The fourth-order valence-electron chi connectivity index (χ4n) is 7.03. The lowest BCUT2D eigenvalue weighted by Crippen LogP contribution is -2.05. The van der Waals surface area contributed by atoms with Gasteiger partial charge >= 0.3 is 0 Å². The molecule has 0 radical (unpaired) electrons. The first kappa shape index (κ1) is 23.6. The third-order valence-electron chi connectivity index (χ3n) is 9.11. The summed E-state index contributed by atoms with van der Waals surface area (Å²) >= 11 is 0. The van der Waals surface area contributed by atoms with Crippen LogP contribution >= 0.6 is 0 Å². The molecule has 0 aliphatic heterocycles. The largest absolute Gasteiger partial charge is 0.256 e. The van der Waals surface area contributed by atoms with E-state index in [0.29, 0.717) is 0 Å². The van der Waals surface area contributed by atoms with Gasteiger partial charge in [-0.15, -0.1) is 0 Å². The Morgan fingerprint density at radius 2 is 0.850 bits per heavy atom. The van der Waals surface area contributed by atoms with Crippen LogP contribution in [0.25, 0.3) is 55.2 Å². The van der Waals surface area contributed by atoms with Crippen molar-refractivity contribution in [1.82, 2.24) is 9.97 Å². The third-order valence-corrected chi connectivity index (χ3v) is 9.11. The molecule has 8 rings (SSSR count). The van der Waals surface area contributed by atoms with Gasteiger partial charge in [0.05, 0.1) is 11.4 Å². The van der Waals surface area contributed by atoms with Gasteiger partial charge in [0.2, 0.25) is 0 Å². The molecule has 194 valence electrons. The van der Waals surface area contributed by atoms with E-state index < -0.39 is 0 Å². The number of hydrogen-bond acceptors (Lipinski definition) is 2. The Kier molecular flexibility index (Phi) is 5.72. The molecule has 2 aliphatic carbocycles. The van der Waals surface area contributed by atoms with E-state index in [1.54, 1.807) is 0 Å². The number of pyridine rings is 2. The van der Waals surface area contributed by atoms with Gasteiger partial charge in [-0.25, -0.2) is 0 Å². The fourth-order valence-corrected chi connectivity index (χ4v) is 7.03. The Bertz CT molecular complexity index is 1770. The maximum absolute atomic E-state index is 5.08. The van der Waals surface area contributed by atoms with E-state index in [1.807, 2.05) is 0 Å². The number of aryl methyl sites for hydroxylation is 4. The summed E-state index contributed by atoms with van der Waals surface area (Å²) in [5.41, 5.74) is 12.8. The molecule has 2 nitrogen and oxygen atoms in total. The van der Waals surface area contributed by atoms with Crippen molar-refractivity contribution in [1.29, 1.82) is 0 Å². The lowest BCUT2D eigenvalue weighted by atomic mass is 9.84. The smallest absolute Gasteiger partial charge is 0.0711 e. The maximum atomic E-state index is 5.08. The Morgan fingerprint density at radius 3 is 1.32 bits per heavy atom. The van der Waals surface area contributed by atoms with Gasteiger partial charge in [0.15, 0.2) is 0 Å². The average molecular weight is 517 g/mol. The van der Waals surface area contributed by atoms with Crippen molar-refractivity contribution in [2.45, 2.75) is 51.4 Å². The van der Waals surface area contributed by atoms with E-state index in [1.165, 1.54) is 91.7 Å². The molecule has 0 unspecified atom stereocenters. The van der Waals surface area contributed by atoms with Crippen LogP contribution < -0.4 is 0 Å². The van der Waals surface area contributed by atoms with Crippen LogP contribution in [0.3, 0.4) is 0 Å². The van der Waals surface area contributed by atoms with Gasteiger partial charge in [0.25, 0.3) is 0 Å². The molecule has 40 heavy (non-hydrogen) atoms. The molecule has 0 saturated carbocycles. The summed E-state index contributed by atoms with van der Waals surface area (Å²) in [6, 6.07) is 31.4. The third kappa shape index (κ3) is 3.93. The lowest BCUT2D eigenvalue weighted by Gasteiger charge is -2.21. The highest BCUT2D eigenvalue weighted by Crippen LogP contribution is 2.46. The number of rotatable bonds is 3. The monoisotopic (exact) mass is 516 g/mol. The summed E-state index contributed by atoms with van der Waals surface area (Å²) in [4.78, 5) is 10.2. The van der Waals surface area contributed by atoms with Crippen molar-refractivity contribution in [3.05, 3.63) is 120 Å². The second-order valence-electron chi connectivity index (χ2n) is 11.5. The first-order valence-electron chi connectivity index (χ1n) is 14.8. The highest BCUT2D eigenvalue weighted by Gasteiger charge is 2.22. The van der Waals surface area contributed by atoms with Crippen molar-refractivity contribution in [2.24, 2.45) is 0 Å². The maximum Gasteiger partial charge on any atom is 0.0711 e. The Balaban J connectivity index is 1.46. The molecule has 2 aliphatic rings. The van der Waals surface area contributed by atoms with Crippen LogP contribution in [-0.2, 0) is 25.7 Å². The van der Waals surface area contributed by atoms with Crippen LogP contribution in [0.1, 0.15) is 47.9 Å². The van der Waals surface area contributed by atoms with Crippen LogP contribution in [0.15, 0.2) is 97.3 Å².